The molecule has 1 atom stereocenters. The van der Waals surface area contributed by atoms with Crippen molar-refractivity contribution in [2.45, 2.75) is 5.66 Å². The van der Waals surface area contributed by atoms with Crippen LogP contribution in [0.3, 0.4) is 0 Å². The van der Waals surface area contributed by atoms with Crippen molar-refractivity contribution in [1.29, 1.82) is 0 Å². The molecule has 1 aromatic rings. The molecule has 3 rings (SSSR count). The van der Waals surface area contributed by atoms with Gasteiger partial charge in [-0.2, -0.15) is 0 Å². The molecule has 1 unspecified atom stereocenters. The van der Waals surface area contributed by atoms with Gasteiger partial charge in [0.25, 0.3) is 0 Å². The molecule has 1 N–H and O–H groups in total. The Balaban J connectivity index is 2.12. The van der Waals surface area contributed by atoms with E-state index in [1.165, 1.54) is 0 Å². The molecule has 1 amide bonds. The first-order chi connectivity index (χ1) is 8.63. The minimum absolute atomic E-state index is 0.0257. The summed E-state index contributed by atoms with van der Waals surface area (Å²) in [4.78, 5) is 13.7. The number of fused-ring (bicyclic) bond motifs is 1. The first kappa shape index (κ1) is 12.2. The summed E-state index contributed by atoms with van der Waals surface area (Å²) < 4.78 is 5.39. The summed E-state index contributed by atoms with van der Waals surface area (Å²) >= 11 is 12.3. The van der Waals surface area contributed by atoms with E-state index in [4.69, 9.17) is 27.9 Å². The lowest BCUT2D eigenvalue weighted by Gasteiger charge is -2.42. The third kappa shape index (κ3) is 1.72. The van der Waals surface area contributed by atoms with E-state index in [2.05, 4.69) is 5.32 Å². The van der Waals surface area contributed by atoms with Gasteiger partial charge in [-0.15, -0.1) is 0 Å². The van der Waals surface area contributed by atoms with Gasteiger partial charge in [0.05, 0.1) is 6.61 Å². The molecular weight excluding hydrogens is 275 g/mol. The Morgan fingerprint density at radius 3 is 3.06 bits per heavy atom. The minimum Gasteiger partial charge on any atom is -0.367 e. The number of amides is 1. The van der Waals surface area contributed by atoms with Gasteiger partial charge in [0.2, 0.25) is 5.91 Å². The maximum Gasteiger partial charge on any atom is 0.250 e. The summed E-state index contributed by atoms with van der Waals surface area (Å²) in [6, 6.07) is 5.26. The first-order valence-corrected chi connectivity index (χ1v) is 6.48. The zero-order valence-corrected chi connectivity index (χ0v) is 11.1. The lowest BCUT2D eigenvalue weighted by molar-refractivity contribution is -0.156. The Labute approximate surface area is 115 Å². The molecule has 2 aliphatic heterocycles. The quantitative estimate of drug-likeness (QED) is 0.853. The van der Waals surface area contributed by atoms with E-state index in [0.29, 0.717) is 23.2 Å². The van der Waals surface area contributed by atoms with Crippen LogP contribution in [0, 0.1) is 0 Å². The van der Waals surface area contributed by atoms with Crippen molar-refractivity contribution in [2.24, 2.45) is 0 Å². The Kier molecular flexibility index (Phi) is 2.98. The van der Waals surface area contributed by atoms with E-state index in [9.17, 15) is 4.79 Å². The molecule has 2 aliphatic rings. The predicted octanol–water partition coefficient (Wildman–Crippen LogP) is 1.61. The average molecular weight is 287 g/mol. The Hall–Kier alpha value is -0.810. The number of hydrogen-bond acceptors (Lipinski definition) is 3. The second-order valence-electron chi connectivity index (χ2n) is 4.45. The molecule has 6 heteroatoms. The van der Waals surface area contributed by atoms with Crippen LogP contribution >= 0.6 is 23.2 Å². The molecule has 1 aromatic carbocycles. The number of halogens is 2. The number of nitrogens with one attached hydrogen (secondary N) is 1. The zero-order chi connectivity index (χ0) is 12.8. The van der Waals surface area contributed by atoms with Crippen molar-refractivity contribution < 1.29 is 9.53 Å². The highest BCUT2D eigenvalue weighted by atomic mass is 35.5. The SMILES string of the molecule is O=C1COCC2(c3cc(Cl)ccc3Cl)NCCN12. The fourth-order valence-corrected chi connectivity index (χ4v) is 3.07. The van der Waals surface area contributed by atoms with Crippen molar-refractivity contribution in [2.75, 3.05) is 26.3 Å². The standard InChI is InChI=1S/C12H12Cl2N2O2/c13-8-1-2-10(14)9(5-8)12-7-18-6-11(17)16(12)4-3-15-12/h1-2,5,15H,3-4,6-7H2. The fraction of sp³-hybridized carbons (Fsp3) is 0.417. The molecule has 4 nitrogen and oxygen atoms in total. The maximum absolute atomic E-state index is 11.9. The number of carbonyl (C=O) groups excluding carboxylic acids is 1. The molecule has 2 heterocycles. The second kappa shape index (κ2) is 4.38. The van der Waals surface area contributed by atoms with E-state index in [1.807, 2.05) is 0 Å². The maximum atomic E-state index is 11.9. The Morgan fingerprint density at radius 2 is 2.22 bits per heavy atom. The number of nitrogens with zero attached hydrogens (tertiary/aromatic N) is 1. The number of morpholine rings is 1. The fourth-order valence-electron chi connectivity index (χ4n) is 2.62. The predicted molar refractivity (Wildman–Crippen MR) is 68.7 cm³/mol. The second-order valence-corrected chi connectivity index (χ2v) is 5.29. The smallest absolute Gasteiger partial charge is 0.250 e. The van der Waals surface area contributed by atoms with Crippen LogP contribution in [0.5, 0.6) is 0 Å². The van der Waals surface area contributed by atoms with E-state index >= 15 is 0 Å². The van der Waals surface area contributed by atoms with Crippen LogP contribution in [-0.4, -0.2) is 37.1 Å². The van der Waals surface area contributed by atoms with Crippen molar-refractivity contribution in [3.8, 4) is 0 Å². The lowest BCUT2D eigenvalue weighted by Crippen LogP contribution is -2.58. The van der Waals surface area contributed by atoms with Gasteiger partial charge in [-0.25, -0.2) is 0 Å². The summed E-state index contributed by atoms with van der Waals surface area (Å²) in [5.41, 5.74) is 0.124. The summed E-state index contributed by atoms with van der Waals surface area (Å²) in [6.07, 6.45) is 0. The van der Waals surface area contributed by atoms with Crippen LogP contribution in [0.2, 0.25) is 10.0 Å². The molecule has 96 valence electrons. The van der Waals surface area contributed by atoms with E-state index in [-0.39, 0.29) is 12.5 Å². The topological polar surface area (TPSA) is 41.6 Å². The number of rotatable bonds is 1. The molecule has 0 saturated carbocycles. The summed E-state index contributed by atoms with van der Waals surface area (Å²) in [7, 11) is 0. The summed E-state index contributed by atoms with van der Waals surface area (Å²) in [6.45, 7) is 1.89. The van der Waals surface area contributed by atoms with Gasteiger partial charge >= 0.3 is 0 Å². The van der Waals surface area contributed by atoms with Crippen molar-refractivity contribution in [3.63, 3.8) is 0 Å². The molecule has 0 aromatic heterocycles. The third-order valence-electron chi connectivity index (χ3n) is 3.43. The van der Waals surface area contributed by atoms with Crippen molar-refractivity contribution in [1.82, 2.24) is 10.2 Å². The van der Waals surface area contributed by atoms with Crippen LogP contribution in [0.4, 0.5) is 0 Å². The highest BCUT2D eigenvalue weighted by Crippen LogP contribution is 2.37. The minimum atomic E-state index is -0.669. The molecule has 0 bridgehead atoms. The van der Waals surface area contributed by atoms with Gasteiger partial charge in [0.15, 0.2) is 0 Å². The van der Waals surface area contributed by atoms with E-state index in [0.717, 1.165) is 12.1 Å². The molecule has 18 heavy (non-hydrogen) atoms. The van der Waals surface area contributed by atoms with Gasteiger partial charge in [-0.1, -0.05) is 23.2 Å². The molecule has 0 radical (unpaired) electrons. The zero-order valence-electron chi connectivity index (χ0n) is 9.58. The lowest BCUT2D eigenvalue weighted by atomic mass is 9.98. The highest BCUT2D eigenvalue weighted by molar-refractivity contribution is 6.33. The number of benzene rings is 1. The molecule has 2 fully saturated rings. The number of carbonyl (C=O) groups is 1. The van der Waals surface area contributed by atoms with Gasteiger partial charge < -0.3 is 9.64 Å². The monoisotopic (exact) mass is 286 g/mol. The van der Waals surface area contributed by atoms with Crippen molar-refractivity contribution >= 4 is 29.1 Å². The molecular formula is C12H12Cl2N2O2. The van der Waals surface area contributed by atoms with Crippen LogP contribution in [0.1, 0.15) is 5.56 Å². The summed E-state index contributed by atoms with van der Waals surface area (Å²) in [5.74, 6) is -0.0257. The van der Waals surface area contributed by atoms with Gasteiger partial charge in [-0.3, -0.25) is 10.1 Å². The van der Waals surface area contributed by atoms with Crippen LogP contribution in [0.25, 0.3) is 0 Å². The van der Waals surface area contributed by atoms with Crippen molar-refractivity contribution in [3.05, 3.63) is 33.8 Å². The Bertz CT molecular complexity index is 509. The Morgan fingerprint density at radius 1 is 1.39 bits per heavy atom. The van der Waals surface area contributed by atoms with Gasteiger partial charge in [0.1, 0.15) is 12.3 Å². The molecule has 2 saturated heterocycles. The highest BCUT2D eigenvalue weighted by Gasteiger charge is 2.48. The van der Waals surface area contributed by atoms with Gasteiger partial charge in [-0.05, 0) is 18.2 Å². The van der Waals surface area contributed by atoms with E-state index in [1.54, 1.807) is 23.1 Å². The number of hydrogen-bond donors (Lipinski definition) is 1. The van der Waals surface area contributed by atoms with Crippen LogP contribution < -0.4 is 5.32 Å². The van der Waals surface area contributed by atoms with E-state index < -0.39 is 5.66 Å². The normalized spacial score (nSPS) is 27.4. The first-order valence-electron chi connectivity index (χ1n) is 5.72. The molecule has 0 spiro atoms. The number of ether oxygens (including phenoxy) is 1. The third-order valence-corrected chi connectivity index (χ3v) is 3.99. The largest absolute Gasteiger partial charge is 0.367 e. The van der Waals surface area contributed by atoms with Gasteiger partial charge in [0, 0.05) is 28.7 Å². The van der Waals surface area contributed by atoms with Crippen LogP contribution in [-0.2, 0) is 15.2 Å². The average Bonchev–Trinajstić information content (AvgIpc) is 2.78. The molecule has 0 aliphatic carbocycles. The summed E-state index contributed by atoms with van der Waals surface area (Å²) in [5, 5.41) is 4.50. The van der Waals surface area contributed by atoms with Crippen LogP contribution in [0.15, 0.2) is 18.2 Å².